The Morgan fingerprint density at radius 2 is 1.71 bits per heavy atom. The molecule has 1 atom stereocenters. The maximum atomic E-state index is 13.0. The normalized spacial score (nSPS) is 16.1. The fourth-order valence-electron chi connectivity index (χ4n) is 4.32. The first-order chi connectivity index (χ1) is 14.7. The number of H-pyrrole nitrogens is 1. The Bertz CT molecular complexity index is 1100. The Kier molecular flexibility index (Phi) is 5.57. The zero-order valence-corrected chi connectivity index (χ0v) is 18.6. The summed E-state index contributed by atoms with van der Waals surface area (Å²) in [5, 5.41) is 0. The van der Waals surface area contributed by atoms with Crippen LogP contribution in [0.3, 0.4) is 0 Å². The number of carbonyl (C=O) groups is 2. The highest BCUT2D eigenvalue weighted by atomic mass is 16.5. The number of aromatic nitrogens is 1. The van der Waals surface area contributed by atoms with Crippen molar-refractivity contribution < 1.29 is 14.3 Å². The van der Waals surface area contributed by atoms with Gasteiger partial charge < -0.3 is 9.72 Å². The second-order valence-corrected chi connectivity index (χ2v) is 9.44. The van der Waals surface area contributed by atoms with Gasteiger partial charge in [0.05, 0.1) is 0 Å². The Morgan fingerprint density at radius 3 is 2.35 bits per heavy atom. The van der Waals surface area contributed by atoms with Crippen molar-refractivity contribution in [3.8, 4) is 0 Å². The summed E-state index contributed by atoms with van der Waals surface area (Å²) < 4.78 is 5.48. The molecule has 1 N–H and O–H groups in total. The summed E-state index contributed by atoms with van der Waals surface area (Å²) in [6.45, 7) is 8.61. The number of benzene rings is 2. The van der Waals surface area contributed by atoms with Crippen LogP contribution in [0.25, 0.3) is 0 Å². The van der Waals surface area contributed by atoms with Crippen LogP contribution in [0.5, 0.6) is 0 Å². The molecule has 4 rings (SSSR count). The third-order valence-electron chi connectivity index (χ3n) is 6.15. The molecule has 0 amide bonds. The molecule has 2 aromatic carbocycles. The van der Waals surface area contributed by atoms with Crippen LogP contribution in [0.1, 0.15) is 81.9 Å². The van der Waals surface area contributed by atoms with Crippen LogP contribution < -0.4 is 0 Å². The summed E-state index contributed by atoms with van der Waals surface area (Å²) in [5.41, 5.74) is 6.04. The highest BCUT2D eigenvalue weighted by Gasteiger charge is 2.32. The number of Topliss-reactive ketones (excluding diaryl/α,β-unsaturated/α-hetero) is 1. The van der Waals surface area contributed by atoms with Crippen molar-refractivity contribution in [2.24, 2.45) is 0 Å². The third kappa shape index (κ3) is 4.34. The predicted octanol–water partition coefficient (Wildman–Crippen LogP) is 5.89. The number of hydrogen-bond donors (Lipinski definition) is 1. The van der Waals surface area contributed by atoms with Crippen molar-refractivity contribution in [1.29, 1.82) is 0 Å². The quantitative estimate of drug-likeness (QED) is 0.541. The van der Waals surface area contributed by atoms with Gasteiger partial charge in [-0.25, -0.2) is 4.79 Å². The zero-order chi connectivity index (χ0) is 22.2. The molecule has 1 unspecified atom stereocenters. The van der Waals surface area contributed by atoms with Crippen molar-refractivity contribution in [2.75, 3.05) is 0 Å². The van der Waals surface area contributed by atoms with Crippen molar-refractivity contribution in [1.82, 2.24) is 4.98 Å². The number of rotatable bonds is 4. The van der Waals surface area contributed by atoms with Gasteiger partial charge in [-0.2, -0.15) is 0 Å². The molecule has 3 aromatic rings. The molecule has 0 saturated heterocycles. The molecule has 0 radical (unpaired) electrons. The number of aromatic amines is 1. The van der Waals surface area contributed by atoms with E-state index in [9.17, 15) is 9.59 Å². The molecule has 1 aromatic heterocycles. The standard InChI is InChI=1S/C27H29NO3/c1-17-24-22(28-25(17)26(30)31-16-18-8-6-5-7-9-18)14-20(15-23(24)29)19-10-12-21(13-11-19)27(2,3)4/h5-13,20,28H,14-16H2,1-4H3. The average molecular weight is 416 g/mol. The summed E-state index contributed by atoms with van der Waals surface area (Å²) in [6, 6.07) is 18.2. The predicted molar refractivity (Wildman–Crippen MR) is 122 cm³/mol. The first-order valence-electron chi connectivity index (χ1n) is 10.8. The van der Waals surface area contributed by atoms with Gasteiger partial charge in [-0.3, -0.25) is 4.79 Å². The van der Waals surface area contributed by atoms with Crippen molar-refractivity contribution in [3.05, 3.63) is 93.8 Å². The lowest BCUT2D eigenvalue weighted by atomic mass is 9.80. The number of fused-ring (bicyclic) bond motifs is 1. The van der Waals surface area contributed by atoms with Crippen LogP contribution in [-0.2, 0) is 23.2 Å². The SMILES string of the molecule is Cc1c(C(=O)OCc2ccccc2)[nH]c2c1C(=O)CC(c1ccc(C(C)(C)C)cc1)C2. The molecule has 1 heterocycles. The van der Waals surface area contributed by atoms with Gasteiger partial charge in [0, 0.05) is 17.7 Å². The molecule has 4 heteroatoms. The van der Waals surface area contributed by atoms with Crippen molar-refractivity contribution in [2.45, 2.75) is 58.5 Å². The molecule has 0 bridgehead atoms. The van der Waals surface area contributed by atoms with Crippen LogP contribution >= 0.6 is 0 Å². The first kappa shape index (κ1) is 21.1. The minimum atomic E-state index is -0.422. The van der Waals surface area contributed by atoms with Gasteiger partial charge in [0.1, 0.15) is 12.3 Å². The Hall–Kier alpha value is -3.14. The molecule has 160 valence electrons. The van der Waals surface area contributed by atoms with E-state index in [2.05, 4.69) is 50.0 Å². The van der Waals surface area contributed by atoms with E-state index in [1.807, 2.05) is 37.3 Å². The lowest BCUT2D eigenvalue weighted by Gasteiger charge is -2.24. The second-order valence-electron chi connectivity index (χ2n) is 9.44. The Morgan fingerprint density at radius 1 is 1.03 bits per heavy atom. The van der Waals surface area contributed by atoms with Gasteiger partial charge in [-0.05, 0) is 46.9 Å². The van der Waals surface area contributed by atoms with E-state index < -0.39 is 5.97 Å². The van der Waals surface area contributed by atoms with Gasteiger partial charge >= 0.3 is 5.97 Å². The largest absolute Gasteiger partial charge is 0.456 e. The fraction of sp³-hybridized carbons (Fsp3) is 0.333. The van der Waals surface area contributed by atoms with E-state index in [4.69, 9.17) is 4.74 Å². The van der Waals surface area contributed by atoms with Crippen LogP contribution in [0.2, 0.25) is 0 Å². The van der Waals surface area contributed by atoms with Gasteiger partial charge in [-0.15, -0.1) is 0 Å². The molecule has 0 spiro atoms. The second kappa shape index (κ2) is 8.18. The molecule has 0 aliphatic heterocycles. The van der Waals surface area contributed by atoms with Gasteiger partial charge in [0.2, 0.25) is 0 Å². The van der Waals surface area contributed by atoms with Crippen LogP contribution in [0, 0.1) is 6.92 Å². The maximum absolute atomic E-state index is 13.0. The number of ether oxygens (including phenoxy) is 1. The molecule has 1 aliphatic carbocycles. The van der Waals surface area contributed by atoms with E-state index >= 15 is 0 Å². The van der Waals surface area contributed by atoms with Crippen molar-refractivity contribution >= 4 is 11.8 Å². The average Bonchev–Trinajstić information content (AvgIpc) is 3.09. The third-order valence-corrected chi connectivity index (χ3v) is 6.15. The lowest BCUT2D eigenvalue weighted by molar-refractivity contribution is 0.0465. The zero-order valence-electron chi connectivity index (χ0n) is 18.6. The van der Waals surface area contributed by atoms with Crippen LogP contribution in [0.15, 0.2) is 54.6 Å². The monoisotopic (exact) mass is 415 g/mol. The molecule has 0 fully saturated rings. The van der Waals surface area contributed by atoms with E-state index in [0.717, 1.165) is 16.8 Å². The van der Waals surface area contributed by atoms with E-state index in [1.165, 1.54) is 5.56 Å². The number of hydrogen-bond acceptors (Lipinski definition) is 3. The molecular formula is C27H29NO3. The highest BCUT2D eigenvalue weighted by molar-refractivity contribution is 6.03. The number of carbonyl (C=O) groups excluding carboxylic acids is 2. The van der Waals surface area contributed by atoms with Gasteiger partial charge in [0.25, 0.3) is 0 Å². The van der Waals surface area contributed by atoms with E-state index in [1.54, 1.807) is 0 Å². The summed E-state index contributed by atoms with van der Waals surface area (Å²) in [5.74, 6) is -0.225. The van der Waals surface area contributed by atoms with Crippen LogP contribution in [-0.4, -0.2) is 16.7 Å². The van der Waals surface area contributed by atoms with Crippen molar-refractivity contribution in [3.63, 3.8) is 0 Å². The minimum absolute atomic E-state index is 0.0852. The summed E-state index contributed by atoms with van der Waals surface area (Å²) >= 11 is 0. The smallest absolute Gasteiger partial charge is 0.355 e. The lowest BCUT2D eigenvalue weighted by Crippen LogP contribution is -2.19. The van der Waals surface area contributed by atoms with E-state index in [0.29, 0.717) is 29.7 Å². The number of ketones is 1. The minimum Gasteiger partial charge on any atom is -0.456 e. The molecule has 1 aliphatic rings. The topological polar surface area (TPSA) is 59.2 Å². The molecule has 31 heavy (non-hydrogen) atoms. The fourth-order valence-corrected chi connectivity index (χ4v) is 4.32. The molecular weight excluding hydrogens is 386 g/mol. The summed E-state index contributed by atoms with van der Waals surface area (Å²) in [7, 11) is 0. The summed E-state index contributed by atoms with van der Waals surface area (Å²) in [4.78, 5) is 28.8. The number of nitrogens with one attached hydrogen (secondary N) is 1. The van der Waals surface area contributed by atoms with Gasteiger partial charge in [0.15, 0.2) is 5.78 Å². The highest BCUT2D eigenvalue weighted by Crippen LogP contribution is 2.36. The Balaban J connectivity index is 1.53. The van der Waals surface area contributed by atoms with E-state index in [-0.39, 0.29) is 23.7 Å². The van der Waals surface area contributed by atoms with Crippen LogP contribution in [0.4, 0.5) is 0 Å². The van der Waals surface area contributed by atoms with Gasteiger partial charge in [-0.1, -0.05) is 75.4 Å². The number of esters is 1. The maximum Gasteiger partial charge on any atom is 0.355 e. The molecule has 4 nitrogen and oxygen atoms in total. The molecule has 0 saturated carbocycles. The Labute approximate surface area is 183 Å². The summed E-state index contributed by atoms with van der Waals surface area (Å²) in [6.07, 6.45) is 1.17. The first-order valence-corrected chi connectivity index (χ1v) is 10.8.